The summed E-state index contributed by atoms with van der Waals surface area (Å²) in [5, 5.41) is -0.273. The van der Waals surface area contributed by atoms with E-state index >= 15 is 0 Å². The van der Waals surface area contributed by atoms with Crippen LogP contribution >= 0.6 is 23.2 Å². The first-order valence-electron chi connectivity index (χ1n) is 8.63. The normalized spacial score (nSPS) is 12.5. The third-order valence-electron chi connectivity index (χ3n) is 4.51. The molecule has 144 valence electrons. The molecule has 6 heteroatoms. The molecule has 3 rings (SSSR count). The highest BCUT2D eigenvalue weighted by Crippen LogP contribution is 2.36. The number of hydrogen-bond donors (Lipinski definition) is 0. The second-order valence-electron chi connectivity index (χ2n) is 6.50. The fourth-order valence-electron chi connectivity index (χ4n) is 2.94. The average Bonchev–Trinajstić information content (AvgIpc) is 2.67. The molecule has 3 aromatic rings. The van der Waals surface area contributed by atoms with E-state index in [1.165, 1.54) is 0 Å². The Morgan fingerprint density at radius 3 is 2.11 bits per heavy atom. The van der Waals surface area contributed by atoms with Gasteiger partial charge in [0.2, 0.25) is 0 Å². The standard InChI is InChI=1S/C22H18Cl2O3S/c1-15-6-12-18(13-7-15)28(26,27)22(19-4-2-3-5-20(19)24)14-21(25)16-8-10-17(23)11-9-16/h2-13,22H,14H2,1H3/t22-/m1/s1. The van der Waals surface area contributed by atoms with Crippen LogP contribution < -0.4 is 0 Å². The average molecular weight is 433 g/mol. The minimum Gasteiger partial charge on any atom is -0.294 e. The van der Waals surface area contributed by atoms with Gasteiger partial charge in [0.1, 0.15) is 0 Å². The van der Waals surface area contributed by atoms with Gasteiger partial charge in [0.15, 0.2) is 15.6 Å². The maximum atomic E-state index is 13.4. The topological polar surface area (TPSA) is 51.2 Å². The van der Waals surface area contributed by atoms with E-state index in [0.29, 0.717) is 21.2 Å². The van der Waals surface area contributed by atoms with Gasteiger partial charge >= 0.3 is 0 Å². The third kappa shape index (κ3) is 4.46. The number of halogens is 2. The molecule has 0 radical (unpaired) electrons. The van der Waals surface area contributed by atoms with Crippen molar-refractivity contribution in [3.8, 4) is 0 Å². The van der Waals surface area contributed by atoms with Crippen molar-refractivity contribution in [2.45, 2.75) is 23.5 Å². The van der Waals surface area contributed by atoms with Gasteiger partial charge in [-0.1, -0.05) is 59.1 Å². The third-order valence-corrected chi connectivity index (χ3v) is 7.21. The molecule has 0 N–H and O–H groups in total. The Morgan fingerprint density at radius 2 is 1.50 bits per heavy atom. The van der Waals surface area contributed by atoms with Crippen molar-refractivity contribution in [3.63, 3.8) is 0 Å². The van der Waals surface area contributed by atoms with E-state index in [2.05, 4.69) is 0 Å². The van der Waals surface area contributed by atoms with E-state index in [-0.39, 0.29) is 17.1 Å². The monoisotopic (exact) mass is 432 g/mol. The van der Waals surface area contributed by atoms with Crippen molar-refractivity contribution >= 4 is 38.8 Å². The summed E-state index contributed by atoms with van der Waals surface area (Å²) in [6.45, 7) is 1.88. The molecule has 0 saturated heterocycles. The van der Waals surface area contributed by atoms with E-state index in [9.17, 15) is 13.2 Å². The molecule has 28 heavy (non-hydrogen) atoms. The summed E-state index contributed by atoms with van der Waals surface area (Å²) >= 11 is 12.2. The van der Waals surface area contributed by atoms with E-state index in [0.717, 1.165) is 5.56 Å². The molecule has 0 saturated carbocycles. The highest BCUT2D eigenvalue weighted by molar-refractivity contribution is 7.91. The second-order valence-corrected chi connectivity index (χ2v) is 9.48. The van der Waals surface area contributed by atoms with Crippen molar-refractivity contribution < 1.29 is 13.2 Å². The quantitative estimate of drug-likeness (QED) is 0.442. The lowest BCUT2D eigenvalue weighted by molar-refractivity contribution is 0.0981. The number of rotatable bonds is 6. The number of ketones is 1. The first-order chi connectivity index (χ1) is 13.3. The van der Waals surface area contributed by atoms with Gasteiger partial charge < -0.3 is 0 Å². The Morgan fingerprint density at radius 1 is 0.893 bits per heavy atom. The van der Waals surface area contributed by atoms with Crippen molar-refractivity contribution in [1.29, 1.82) is 0 Å². The van der Waals surface area contributed by atoms with Crippen molar-refractivity contribution in [1.82, 2.24) is 0 Å². The molecule has 0 aromatic heterocycles. The van der Waals surface area contributed by atoms with Gasteiger partial charge in [0.25, 0.3) is 0 Å². The number of sulfone groups is 1. The molecular weight excluding hydrogens is 415 g/mol. The van der Waals surface area contributed by atoms with Crippen molar-refractivity contribution in [2.24, 2.45) is 0 Å². The molecule has 1 atom stereocenters. The van der Waals surface area contributed by atoms with E-state index in [1.54, 1.807) is 72.8 Å². The fraction of sp³-hybridized carbons (Fsp3) is 0.136. The van der Waals surface area contributed by atoms with Gasteiger partial charge in [-0.3, -0.25) is 4.79 Å². The van der Waals surface area contributed by atoms with Gasteiger partial charge in [-0.15, -0.1) is 0 Å². The summed E-state index contributed by atoms with van der Waals surface area (Å²) < 4.78 is 26.8. The number of carbonyl (C=O) groups excluding carboxylic acids is 1. The molecule has 0 unspecified atom stereocenters. The van der Waals surface area contributed by atoms with Crippen LogP contribution in [0.3, 0.4) is 0 Å². The molecule has 0 aliphatic heterocycles. The minimum absolute atomic E-state index is 0.159. The van der Waals surface area contributed by atoms with Crippen LogP contribution in [-0.4, -0.2) is 14.2 Å². The maximum absolute atomic E-state index is 13.4. The fourth-order valence-corrected chi connectivity index (χ4v) is 5.15. The van der Waals surface area contributed by atoms with Crippen molar-refractivity contribution in [2.75, 3.05) is 0 Å². The molecule has 0 spiro atoms. The first kappa shape index (κ1) is 20.6. The maximum Gasteiger partial charge on any atom is 0.185 e. The Kier molecular flexibility index (Phi) is 6.23. The molecule has 0 amide bonds. The smallest absolute Gasteiger partial charge is 0.185 e. The summed E-state index contributed by atoms with van der Waals surface area (Å²) in [4.78, 5) is 13.0. The van der Waals surface area contributed by atoms with Gasteiger partial charge in [0, 0.05) is 22.0 Å². The Bertz CT molecular complexity index is 1090. The molecule has 0 fully saturated rings. The van der Waals surface area contributed by atoms with Crippen LogP contribution in [0.25, 0.3) is 0 Å². The molecule has 3 aromatic carbocycles. The number of hydrogen-bond acceptors (Lipinski definition) is 3. The van der Waals surface area contributed by atoms with Gasteiger partial charge in [-0.2, -0.15) is 0 Å². The lowest BCUT2D eigenvalue weighted by Gasteiger charge is -2.19. The highest BCUT2D eigenvalue weighted by atomic mass is 35.5. The molecule has 3 nitrogen and oxygen atoms in total. The van der Waals surface area contributed by atoms with E-state index in [1.807, 2.05) is 6.92 Å². The lowest BCUT2D eigenvalue weighted by atomic mass is 10.0. The van der Waals surface area contributed by atoms with Gasteiger partial charge in [-0.25, -0.2) is 8.42 Å². The van der Waals surface area contributed by atoms with Crippen molar-refractivity contribution in [3.05, 3.63) is 99.5 Å². The van der Waals surface area contributed by atoms with Crippen LogP contribution in [0, 0.1) is 6.92 Å². The van der Waals surface area contributed by atoms with E-state index in [4.69, 9.17) is 23.2 Å². The van der Waals surface area contributed by atoms with Crippen LogP contribution in [0.1, 0.15) is 33.2 Å². The first-order valence-corrected chi connectivity index (χ1v) is 10.9. The molecular formula is C22H18Cl2O3S. The van der Waals surface area contributed by atoms with Crippen LogP contribution in [0.5, 0.6) is 0 Å². The Labute approximate surface area is 174 Å². The zero-order chi connectivity index (χ0) is 20.3. The number of benzene rings is 3. The summed E-state index contributed by atoms with van der Waals surface area (Å²) in [5.41, 5.74) is 1.76. The van der Waals surface area contributed by atoms with Crippen LogP contribution in [-0.2, 0) is 9.84 Å². The molecule has 0 heterocycles. The number of carbonyl (C=O) groups is 1. The molecule has 0 bridgehead atoms. The summed E-state index contributed by atoms with van der Waals surface area (Å²) in [6, 6.07) is 19.7. The Hall–Kier alpha value is -2.14. The largest absolute Gasteiger partial charge is 0.294 e. The van der Waals surface area contributed by atoms with Crippen LogP contribution in [0.4, 0.5) is 0 Å². The minimum atomic E-state index is -3.84. The SMILES string of the molecule is Cc1ccc(S(=O)(=O)[C@H](CC(=O)c2ccc(Cl)cc2)c2ccccc2Cl)cc1. The predicted octanol–water partition coefficient (Wildman–Crippen LogP) is 6.09. The zero-order valence-electron chi connectivity index (χ0n) is 15.1. The molecule has 0 aliphatic rings. The van der Waals surface area contributed by atoms with Crippen LogP contribution in [0.2, 0.25) is 10.0 Å². The summed E-state index contributed by atoms with van der Waals surface area (Å²) in [7, 11) is -3.84. The Balaban J connectivity index is 2.05. The van der Waals surface area contributed by atoms with Gasteiger partial charge in [0.05, 0.1) is 10.1 Å². The number of Topliss-reactive ketones (excluding diaryl/α,β-unsaturated/α-hetero) is 1. The molecule has 0 aliphatic carbocycles. The highest BCUT2D eigenvalue weighted by Gasteiger charge is 2.33. The lowest BCUT2D eigenvalue weighted by Crippen LogP contribution is -2.18. The zero-order valence-corrected chi connectivity index (χ0v) is 17.4. The summed E-state index contributed by atoms with van der Waals surface area (Å²) in [5.74, 6) is -0.294. The second kappa shape index (κ2) is 8.48. The van der Waals surface area contributed by atoms with E-state index < -0.39 is 15.1 Å². The van der Waals surface area contributed by atoms with Crippen LogP contribution in [0.15, 0.2) is 77.7 Å². The number of aryl methyl sites for hydroxylation is 1. The van der Waals surface area contributed by atoms with Gasteiger partial charge in [-0.05, 0) is 55.0 Å². The predicted molar refractivity (Wildman–Crippen MR) is 113 cm³/mol. The summed E-state index contributed by atoms with van der Waals surface area (Å²) in [6.07, 6.45) is -0.221.